The molecular formula is C34H46Cl2N4O7. The third-order valence-electron chi connectivity index (χ3n) is 8.94. The molecule has 47 heavy (non-hydrogen) atoms. The fourth-order valence-electron chi connectivity index (χ4n) is 6.32. The van der Waals surface area contributed by atoms with Gasteiger partial charge in [0.2, 0.25) is 17.6 Å². The molecule has 3 fully saturated rings. The number of amides is 4. The van der Waals surface area contributed by atoms with Crippen LogP contribution in [-0.2, 0) is 35.3 Å². The van der Waals surface area contributed by atoms with E-state index in [0.29, 0.717) is 0 Å². The second-order valence-electron chi connectivity index (χ2n) is 15.1. The minimum Gasteiger partial charge on any atom is -0.444 e. The Hall–Kier alpha value is -3.18. The highest BCUT2D eigenvalue weighted by Gasteiger charge is 2.74. The lowest BCUT2D eigenvalue weighted by molar-refractivity contribution is -0.142. The minimum absolute atomic E-state index is 0.157. The number of alkyl halides is 2. The number of Topliss-reactive ketones (excluding diaryl/α,β-unsaturated/α-hetero) is 2. The summed E-state index contributed by atoms with van der Waals surface area (Å²) in [6.45, 7) is 10.4. The molecule has 3 saturated carbocycles. The number of nitrogens with one attached hydrogen (secondary N) is 4. The van der Waals surface area contributed by atoms with E-state index in [1.54, 1.807) is 41.5 Å². The predicted molar refractivity (Wildman–Crippen MR) is 176 cm³/mol. The third kappa shape index (κ3) is 9.47. The highest BCUT2D eigenvalue weighted by Crippen LogP contribution is 2.71. The van der Waals surface area contributed by atoms with Crippen molar-refractivity contribution in [3.63, 3.8) is 0 Å². The van der Waals surface area contributed by atoms with Crippen LogP contribution in [0, 0.1) is 35.0 Å². The molecule has 0 spiro atoms. The van der Waals surface area contributed by atoms with Crippen LogP contribution in [0.1, 0.15) is 72.8 Å². The Labute approximate surface area is 286 Å². The van der Waals surface area contributed by atoms with Crippen molar-refractivity contribution in [1.29, 1.82) is 0 Å². The Balaban J connectivity index is 1.44. The summed E-state index contributed by atoms with van der Waals surface area (Å²) < 4.78 is 4.19. The quantitative estimate of drug-likeness (QED) is 0.181. The number of fused-ring (bicyclic) bond motifs is 1. The Kier molecular flexibility index (Phi) is 11.0. The van der Waals surface area contributed by atoms with Crippen LogP contribution in [0.5, 0.6) is 0 Å². The summed E-state index contributed by atoms with van der Waals surface area (Å²) in [4.78, 5) is 79.3. The maximum Gasteiger partial charge on any atom is 0.408 e. The highest BCUT2D eigenvalue weighted by molar-refractivity contribution is 6.51. The second-order valence-corrected chi connectivity index (χ2v) is 16.5. The standard InChI is InChI=1S/C34H46Cl2N4O7/c1-32(2,3)28(40-31(46)47-33(4,5)6)26(42)20-15-21-25(34(21,35)36)24(20)29(44)39-22(14-18-12-13-18)27(43)30(45)38-17-23(41)37-16-19-10-8-7-9-11-19/h7-11,18,20-22,24-25,28H,12-17H2,1-6H3,(H,37,41)(H,38,45)(H,39,44)(H,40,46)/t20?,21-,22?,24-,25-,28+/m0/s1. The number of ketones is 2. The van der Waals surface area contributed by atoms with Crippen molar-refractivity contribution in [3.8, 4) is 0 Å². The summed E-state index contributed by atoms with van der Waals surface area (Å²) in [6, 6.07) is 7.09. The topological polar surface area (TPSA) is 160 Å². The van der Waals surface area contributed by atoms with E-state index >= 15 is 0 Å². The number of hydrogen-bond acceptors (Lipinski definition) is 7. The van der Waals surface area contributed by atoms with Crippen molar-refractivity contribution >= 4 is 58.6 Å². The van der Waals surface area contributed by atoms with Crippen molar-refractivity contribution < 1.29 is 33.5 Å². The van der Waals surface area contributed by atoms with E-state index in [1.165, 1.54) is 0 Å². The van der Waals surface area contributed by atoms with E-state index in [1.807, 2.05) is 30.3 Å². The Morgan fingerprint density at radius 2 is 1.57 bits per heavy atom. The van der Waals surface area contributed by atoms with Gasteiger partial charge in [0.1, 0.15) is 9.93 Å². The summed E-state index contributed by atoms with van der Waals surface area (Å²) in [5.74, 6) is -5.83. The largest absolute Gasteiger partial charge is 0.444 e. The number of halogens is 2. The molecule has 258 valence electrons. The number of ether oxygens (including phenoxy) is 1. The zero-order valence-corrected chi connectivity index (χ0v) is 29.3. The highest BCUT2D eigenvalue weighted by atomic mass is 35.5. The van der Waals surface area contributed by atoms with Crippen LogP contribution in [0.4, 0.5) is 4.79 Å². The van der Waals surface area contributed by atoms with Crippen LogP contribution in [0.3, 0.4) is 0 Å². The summed E-state index contributed by atoms with van der Waals surface area (Å²) >= 11 is 13.1. The van der Waals surface area contributed by atoms with Crippen LogP contribution < -0.4 is 21.3 Å². The van der Waals surface area contributed by atoms with Gasteiger partial charge in [-0.3, -0.25) is 24.0 Å². The average molecular weight is 694 g/mol. The molecule has 0 saturated heterocycles. The lowest BCUT2D eigenvalue weighted by Crippen LogP contribution is -2.55. The zero-order chi connectivity index (χ0) is 34.9. The van der Waals surface area contributed by atoms with E-state index in [0.717, 1.165) is 18.4 Å². The first-order chi connectivity index (χ1) is 21.8. The van der Waals surface area contributed by atoms with Gasteiger partial charge in [0.05, 0.1) is 24.5 Å². The number of hydrogen-bond donors (Lipinski definition) is 4. The molecule has 4 amide bonds. The first-order valence-corrected chi connectivity index (χ1v) is 16.9. The lowest BCUT2D eigenvalue weighted by atomic mass is 9.76. The molecule has 3 aliphatic carbocycles. The number of benzene rings is 1. The zero-order valence-electron chi connectivity index (χ0n) is 27.8. The molecule has 4 N–H and O–H groups in total. The maximum atomic E-state index is 14.1. The first kappa shape index (κ1) is 36.7. The van der Waals surface area contributed by atoms with E-state index in [-0.39, 0.29) is 37.0 Å². The monoisotopic (exact) mass is 692 g/mol. The molecule has 13 heteroatoms. The minimum atomic E-state index is -1.21. The van der Waals surface area contributed by atoms with Crippen LogP contribution in [0.15, 0.2) is 30.3 Å². The SMILES string of the molecule is CC(C)(C)OC(=O)N[C@H](C(=O)C1C[C@H]2[C@@H]([C@H]1C(=O)NC(CC1CC1)C(=O)C(=O)NCC(=O)NCc1ccccc1)C2(Cl)Cl)C(C)(C)C. The molecule has 1 aromatic carbocycles. The summed E-state index contributed by atoms with van der Waals surface area (Å²) in [6.07, 6.45) is 1.43. The van der Waals surface area contributed by atoms with E-state index in [9.17, 15) is 28.8 Å². The molecule has 2 unspecified atom stereocenters. The van der Waals surface area contributed by atoms with E-state index in [2.05, 4.69) is 21.3 Å². The summed E-state index contributed by atoms with van der Waals surface area (Å²) in [7, 11) is 0. The number of alkyl carbamates (subject to hydrolysis) is 1. The molecule has 3 aliphatic rings. The molecular weight excluding hydrogens is 647 g/mol. The molecule has 0 aliphatic heterocycles. The van der Waals surface area contributed by atoms with Gasteiger partial charge in [-0.25, -0.2) is 4.79 Å². The van der Waals surface area contributed by atoms with Crippen molar-refractivity contribution in [2.75, 3.05) is 6.54 Å². The van der Waals surface area contributed by atoms with Crippen molar-refractivity contribution in [2.45, 2.75) is 95.8 Å². The van der Waals surface area contributed by atoms with Gasteiger partial charge >= 0.3 is 6.09 Å². The fourth-order valence-corrected chi connectivity index (χ4v) is 7.22. The van der Waals surface area contributed by atoms with E-state index in [4.69, 9.17) is 27.9 Å². The van der Waals surface area contributed by atoms with Gasteiger partial charge in [-0.15, -0.1) is 23.2 Å². The van der Waals surface area contributed by atoms with Gasteiger partial charge in [0.25, 0.3) is 5.91 Å². The third-order valence-corrected chi connectivity index (χ3v) is 10.0. The fraction of sp³-hybridized carbons (Fsp3) is 0.647. The van der Waals surface area contributed by atoms with Crippen LogP contribution in [0.2, 0.25) is 0 Å². The molecule has 0 radical (unpaired) electrons. The van der Waals surface area contributed by atoms with Crippen molar-refractivity contribution in [1.82, 2.24) is 21.3 Å². The molecule has 1 aromatic rings. The maximum absolute atomic E-state index is 14.1. The predicted octanol–water partition coefficient (Wildman–Crippen LogP) is 3.84. The first-order valence-electron chi connectivity index (χ1n) is 16.1. The van der Waals surface area contributed by atoms with Gasteiger partial charge in [0, 0.05) is 18.4 Å². The van der Waals surface area contributed by atoms with Crippen LogP contribution in [0.25, 0.3) is 0 Å². The molecule has 6 atom stereocenters. The summed E-state index contributed by atoms with van der Waals surface area (Å²) in [5.41, 5.74) is -0.633. The molecule has 0 bridgehead atoms. The molecule has 0 aromatic heterocycles. The Bertz CT molecular complexity index is 1380. The number of rotatable bonds is 13. The number of carbonyl (C=O) groups is 6. The summed E-state index contributed by atoms with van der Waals surface area (Å²) in [5, 5.41) is 10.5. The number of carbonyl (C=O) groups excluding carboxylic acids is 6. The second kappa shape index (κ2) is 14.1. The normalized spacial score (nSPS) is 24.2. The molecule has 0 heterocycles. The van der Waals surface area contributed by atoms with Crippen molar-refractivity contribution in [2.24, 2.45) is 35.0 Å². The van der Waals surface area contributed by atoms with Gasteiger partial charge < -0.3 is 26.0 Å². The van der Waals surface area contributed by atoms with E-state index < -0.39 is 81.3 Å². The smallest absolute Gasteiger partial charge is 0.408 e. The Morgan fingerprint density at radius 3 is 2.15 bits per heavy atom. The van der Waals surface area contributed by atoms with Crippen LogP contribution >= 0.6 is 23.2 Å². The van der Waals surface area contributed by atoms with Gasteiger partial charge in [-0.2, -0.15) is 0 Å². The van der Waals surface area contributed by atoms with Gasteiger partial charge in [-0.05, 0) is 56.4 Å². The molecule has 4 rings (SSSR count). The average Bonchev–Trinajstić information content (AvgIpc) is 3.83. The van der Waals surface area contributed by atoms with Crippen molar-refractivity contribution in [3.05, 3.63) is 35.9 Å². The van der Waals surface area contributed by atoms with Crippen LogP contribution in [-0.4, -0.2) is 63.9 Å². The lowest BCUT2D eigenvalue weighted by Gasteiger charge is -2.35. The molecule has 11 nitrogen and oxygen atoms in total. The Morgan fingerprint density at radius 1 is 0.936 bits per heavy atom. The van der Waals surface area contributed by atoms with Gasteiger partial charge in [0.15, 0.2) is 5.78 Å². The van der Waals surface area contributed by atoms with Gasteiger partial charge in [-0.1, -0.05) is 63.9 Å².